The van der Waals surface area contributed by atoms with Gasteiger partial charge in [-0.3, -0.25) is 4.79 Å². The molecule has 1 heterocycles. The molecule has 1 aromatic carbocycles. The summed E-state index contributed by atoms with van der Waals surface area (Å²) in [6.07, 6.45) is 0.496. The number of hydrogen-bond acceptors (Lipinski definition) is 2. The van der Waals surface area contributed by atoms with Crippen LogP contribution in [0.4, 0.5) is 0 Å². The molecule has 2 rings (SSSR count). The normalized spacial score (nSPS) is 10.6. The molecule has 0 fully saturated rings. The lowest BCUT2D eigenvalue weighted by molar-refractivity contribution is -0.136. The Labute approximate surface area is 110 Å². The Morgan fingerprint density at radius 3 is 2.83 bits per heavy atom. The highest BCUT2D eigenvalue weighted by molar-refractivity contribution is 6.33. The number of H-pyrrole nitrogens is 1. The molecule has 0 aliphatic heterocycles. The first kappa shape index (κ1) is 12.6. The van der Waals surface area contributed by atoms with Gasteiger partial charge >= 0.3 is 5.97 Å². The first-order valence-electron chi connectivity index (χ1n) is 5.60. The van der Waals surface area contributed by atoms with Crippen LogP contribution < -0.4 is 0 Å². The van der Waals surface area contributed by atoms with Crippen LogP contribution in [0.3, 0.4) is 0 Å². The van der Waals surface area contributed by atoms with Crippen LogP contribution in [-0.2, 0) is 11.2 Å². The summed E-state index contributed by atoms with van der Waals surface area (Å²) in [5.41, 5.74) is 2.47. The maximum absolute atomic E-state index is 10.6. The predicted molar refractivity (Wildman–Crippen MR) is 69.7 cm³/mol. The second-order valence-corrected chi connectivity index (χ2v) is 4.44. The molecular weight excluding hydrogens is 252 g/mol. The van der Waals surface area contributed by atoms with E-state index in [0.29, 0.717) is 17.3 Å². The van der Waals surface area contributed by atoms with E-state index in [0.717, 1.165) is 17.0 Å². The minimum atomic E-state index is -0.823. The molecule has 0 saturated heterocycles. The Morgan fingerprint density at radius 2 is 2.17 bits per heavy atom. The van der Waals surface area contributed by atoms with Crippen LogP contribution in [0.2, 0.25) is 5.02 Å². The Kier molecular flexibility index (Phi) is 3.67. The zero-order valence-electron chi connectivity index (χ0n) is 9.90. The van der Waals surface area contributed by atoms with Gasteiger partial charge in [-0.2, -0.15) is 0 Å². The average Bonchev–Trinajstić information content (AvgIpc) is 2.68. The largest absolute Gasteiger partial charge is 0.481 e. The predicted octanol–water partition coefficient (Wildman–Crippen LogP) is 3.06. The molecule has 0 saturated carbocycles. The molecule has 94 valence electrons. The highest BCUT2D eigenvalue weighted by Gasteiger charge is 2.11. The van der Waals surface area contributed by atoms with Crippen LogP contribution in [-0.4, -0.2) is 21.0 Å². The first-order chi connectivity index (χ1) is 8.58. The van der Waals surface area contributed by atoms with Gasteiger partial charge in [-0.15, -0.1) is 0 Å². The van der Waals surface area contributed by atoms with E-state index in [2.05, 4.69) is 9.97 Å². The molecule has 18 heavy (non-hydrogen) atoms. The van der Waals surface area contributed by atoms with Crippen molar-refractivity contribution < 1.29 is 9.90 Å². The zero-order chi connectivity index (χ0) is 13.1. The number of carbonyl (C=O) groups is 1. The molecule has 2 N–H and O–H groups in total. The summed E-state index contributed by atoms with van der Waals surface area (Å²) in [5.74, 6) is -0.143. The highest BCUT2D eigenvalue weighted by atomic mass is 35.5. The monoisotopic (exact) mass is 264 g/mol. The number of nitrogens with one attached hydrogen (secondary N) is 1. The topological polar surface area (TPSA) is 66.0 Å². The van der Waals surface area contributed by atoms with Gasteiger partial charge in [0.1, 0.15) is 5.82 Å². The van der Waals surface area contributed by atoms with Gasteiger partial charge in [-0.25, -0.2) is 4.98 Å². The van der Waals surface area contributed by atoms with E-state index < -0.39 is 5.97 Å². The minimum Gasteiger partial charge on any atom is -0.481 e. The van der Waals surface area contributed by atoms with Gasteiger partial charge in [0.25, 0.3) is 0 Å². The van der Waals surface area contributed by atoms with E-state index >= 15 is 0 Å². The van der Waals surface area contributed by atoms with Gasteiger partial charge in [-0.05, 0) is 19.1 Å². The Morgan fingerprint density at radius 1 is 1.44 bits per heavy atom. The molecule has 0 radical (unpaired) electrons. The van der Waals surface area contributed by atoms with Crippen molar-refractivity contribution in [2.24, 2.45) is 0 Å². The maximum Gasteiger partial charge on any atom is 0.303 e. The fourth-order valence-electron chi connectivity index (χ4n) is 1.75. The molecule has 2 aromatic rings. The number of nitrogens with zero attached hydrogens (tertiary/aromatic N) is 1. The number of carboxylic acid groups (broad SMARTS) is 1. The summed E-state index contributed by atoms with van der Waals surface area (Å²) < 4.78 is 0. The molecule has 0 aliphatic rings. The molecule has 1 aromatic heterocycles. The third-order valence-electron chi connectivity index (χ3n) is 2.69. The van der Waals surface area contributed by atoms with E-state index in [9.17, 15) is 4.79 Å². The quantitative estimate of drug-likeness (QED) is 0.892. The van der Waals surface area contributed by atoms with Crippen LogP contribution >= 0.6 is 11.6 Å². The van der Waals surface area contributed by atoms with E-state index in [1.807, 2.05) is 25.1 Å². The summed E-state index contributed by atoms with van der Waals surface area (Å²) in [6, 6.07) is 7.41. The summed E-state index contributed by atoms with van der Waals surface area (Å²) in [6.45, 7) is 1.88. The highest BCUT2D eigenvalue weighted by Crippen LogP contribution is 2.26. The van der Waals surface area contributed by atoms with Crippen molar-refractivity contribution in [3.63, 3.8) is 0 Å². The van der Waals surface area contributed by atoms with Crippen molar-refractivity contribution in [1.82, 2.24) is 9.97 Å². The SMILES string of the molecule is Cc1[nH]c(-c2ccccc2Cl)nc1CCC(=O)O. The molecule has 5 heteroatoms. The second-order valence-electron chi connectivity index (χ2n) is 4.03. The van der Waals surface area contributed by atoms with Gasteiger partial charge < -0.3 is 10.1 Å². The summed E-state index contributed by atoms with van der Waals surface area (Å²) >= 11 is 6.09. The van der Waals surface area contributed by atoms with E-state index in [-0.39, 0.29) is 6.42 Å². The molecule has 0 spiro atoms. The minimum absolute atomic E-state index is 0.0770. The van der Waals surface area contributed by atoms with Gasteiger partial charge in [0, 0.05) is 17.7 Å². The standard InChI is InChI=1S/C13H13ClN2O2/c1-8-11(6-7-12(17)18)16-13(15-8)9-4-2-3-5-10(9)14/h2-5H,6-7H2,1H3,(H,15,16)(H,17,18). The molecular formula is C13H13ClN2O2. The number of halogens is 1. The van der Waals surface area contributed by atoms with E-state index in [4.69, 9.17) is 16.7 Å². The van der Waals surface area contributed by atoms with E-state index in [1.165, 1.54) is 0 Å². The lowest BCUT2D eigenvalue weighted by Gasteiger charge is -1.98. The van der Waals surface area contributed by atoms with Crippen molar-refractivity contribution in [1.29, 1.82) is 0 Å². The van der Waals surface area contributed by atoms with Crippen LogP contribution in [0.5, 0.6) is 0 Å². The zero-order valence-corrected chi connectivity index (χ0v) is 10.7. The Bertz CT molecular complexity index is 578. The lowest BCUT2D eigenvalue weighted by atomic mass is 10.2. The van der Waals surface area contributed by atoms with Crippen LogP contribution in [0.15, 0.2) is 24.3 Å². The molecule has 0 bridgehead atoms. The molecule has 0 unspecified atom stereocenters. The Balaban J connectivity index is 2.29. The third-order valence-corrected chi connectivity index (χ3v) is 3.02. The molecule has 4 nitrogen and oxygen atoms in total. The van der Waals surface area contributed by atoms with Crippen molar-refractivity contribution >= 4 is 17.6 Å². The fourth-order valence-corrected chi connectivity index (χ4v) is 1.97. The molecule has 0 amide bonds. The maximum atomic E-state index is 10.6. The fraction of sp³-hybridized carbons (Fsp3) is 0.231. The van der Waals surface area contributed by atoms with Gasteiger partial charge in [0.2, 0.25) is 0 Å². The van der Waals surface area contributed by atoms with Crippen molar-refractivity contribution in [3.8, 4) is 11.4 Å². The summed E-state index contributed by atoms with van der Waals surface area (Å²) in [7, 11) is 0. The number of imidazole rings is 1. The lowest BCUT2D eigenvalue weighted by Crippen LogP contribution is -1.98. The molecule has 0 atom stereocenters. The summed E-state index contributed by atoms with van der Waals surface area (Å²) in [5, 5.41) is 9.30. The van der Waals surface area contributed by atoms with Crippen LogP contribution in [0.25, 0.3) is 11.4 Å². The van der Waals surface area contributed by atoms with Crippen LogP contribution in [0.1, 0.15) is 17.8 Å². The van der Waals surface area contributed by atoms with Crippen LogP contribution in [0, 0.1) is 6.92 Å². The Hall–Kier alpha value is -1.81. The number of rotatable bonds is 4. The number of aliphatic carboxylic acids is 1. The van der Waals surface area contributed by atoms with E-state index in [1.54, 1.807) is 6.07 Å². The van der Waals surface area contributed by atoms with Gasteiger partial charge in [-0.1, -0.05) is 23.7 Å². The van der Waals surface area contributed by atoms with Crippen molar-refractivity contribution in [3.05, 3.63) is 40.7 Å². The smallest absolute Gasteiger partial charge is 0.303 e. The van der Waals surface area contributed by atoms with Gasteiger partial charge in [0.15, 0.2) is 0 Å². The number of hydrogen-bond donors (Lipinski definition) is 2. The number of aromatic amines is 1. The number of benzene rings is 1. The summed E-state index contributed by atoms with van der Waals surface area (Å²) in [4.78, 5) is 18.1. The third kappa shape index (κ3) is 2.71. The second kappa shape index (κ2) is 5.23. The molecule has 0 aliphatic carbocycles. The van der Waals surface area contributed by atoms with Gasteiger partial charge in [0.05, 0.1) is 17.1 Å². The number of carboxylic acids is 1. The van der Waals surface area contributed by atoms with Crippen molar-refractivity contribution in [2.45, 2.75) is 19.8 Å². The number of aryl methyl sites for hydroxylation is 2. The number of aromatic nitrogens is 2. The first-order valence-corrected chi connectivity index (χ1v) is 5.98. The average molecular weight is 265 g/mol. The van der Waals surface area contributed by atoms with Crippen molar-refractivity contribution in [2.75, 3.05) is 0 Å².